The normalized spacial score (nSPS) is 12.4. The van der Waals surface area contributed by atoms with Gasteiger partial charge in [0.05, 0.1) is 17.9 Å². The molecule has 4 rings (SSSR count). The van der Waals surface area contributed by atoms with Crippen LogP contribution >= 0.6 is 0 Å². The van der Waals surface area contributed by atoms with Gasteiger partial charge in [-0.15, -0.1) is 0 Å². The van der Waals surface area contributed by atoms with Crippen molar-refractivity contribution >= 4 is 33.8 Å². The number of nitrogens with two attached hydrogens (primary N) is 1. The van der Waals surface area contributed by atoms with Gasteiger partial charge in [0.1, 0.15) is 11.2 Å². The van der Waals surface area contributed by atoms with Crippen LogP contribution in [0.5, 0.6) is 0 Å². The Bertz CT molecular complexity index is 1170. The molecule has 0 aliphatic heterocycles. The summed E-state index contributed by atoms with van der Waals surface area (Å²) in [5.74, 6) is 0.572. The molecule has 8 heteroatoms. The number of hydrogen-bond donors (Lipinski definition) is 4. The third-order valence-corrected chi connectivity index (χ3v) is 4.79. The number of nitrogens with one attached hydrogen (secondary N) is 3. The number of anilines is 1. The number of benzene rings is 1. The molecule has 0 radical (unpaired) electrons. The molecule has 0 bridgehead atoms. The number of rotatable bonds is 5. The predicted octanol–water partition coefficient (Wildman–Crippen LogP) is 2.12. The zero-order valence-electron chi connectivity index (χ0n) is 16.1. The number of amides is 1. The Hall–Kier alpha value is -3.39. The lowest BCUT2D eigenvalue weighted by Crippen LogP contribution is -2.37. The van der Waals surface area contributed by atoms with E-state index >= 15 is 0 Å². The molecular formula is C20H23N7O. The standard InChI is InChI=1S/C20H23N7O/c1-11(21)20(28)23-9-12-5-4-6-13(7-12)15-8-14-17-16(24-10-27(17)3)19(22-2)26-18(14)25-15/h4-8,10-11H,9,21H2,1-3H3,(H,23,28)(H2,22,25,26)/t11-/m1/s1. The van der Waals surface area contributed by atoms with E-state index in [1.165, 1.54) is 0 Å². The van der Waals surface area contributed by atoms with E-state index in [-0.39, 0.29) is 5.91 Å². The number of aromatic nitrogens is 4. The predicted molar refractivity (Wildman–Crippen MR) is 111 cm³/mol. The number of hydrogen-bond acceptors (Lipinski definition) is 5. The summed E-state index contributed by atoms with van der Waals surface area (Å²) in [7, 11) is 3.81. The van der Waals surface area contributed by atoms with Gasteiger partial charge in [-0.1, -0.05) is 18.2 Å². The Morgan fingerprint density at radius 2 is 2.18 bits per heavy atom. The molecule has 0 aliphatic rings. The molecule has 4 aromatic rings. The number of H-pyrrole nitrogens is 1. The molecule has 1 amide bonds. The Labute approximate surface area is 162 Å². The fourth-order valence-corrected chi connectivity index (χ4v) is 3.33. The zero-order chi connectivity index (χ0) is 19.8. The van der Waals surface area contributed by atoms with Crippen molar-refractivity contribution in [2.45, 2.75) is 19.5 Å². The maximum Gasteiger partial charge on any atom is 0.236 e. The highest BCUT2D eigenvalue weighted by molar-refractivity contribution is 6.07. The topological polar surface area (TPSA) is 114 Å². The van der Waals surface area contributed by atoms with Crippen LogP contribution in [0.4, 0.5) is 5.82 Å². The molecule has 0 saturated carbocycles. The molecule has 0 unspecified atom stereocenters. The van der Waals surface area contributed by atoms with Gasteiger partial charge in [-0.25, -0.2) is 9.97 Å². The third kappa shape index (κ3) is 3.07. The van der Waals surface area contributed by atoms with E-state index in [1.807, 2.05) is 42.9 Å². The first-order valence-corrected chi connectivity index (χ1v) is 9.12. The zero-order valence-corrected chi connectivity index (χ0v) is 16.1. The second-order valence-corrected chi connectivity index (χ2v) is 6.92. The van der Waals surface area contributed by atoms with E-state index in [0.717, 1.165) is 44.7 Å². The first-order chi connectivity index (χ1) is 13.5. The summed E-state index contributed by atoms with van der Waals surface area (Å²) in [6.07, 6.45) is 1.79. The van der Waals surface area contributed by atoms with Crippen molar-refractivity contribution in [3.8, 4) is 11.3 Å². The van der Waals surface area contributed by atoms with Gasteiger partial charge in [0.15, 0.2) is 5.82 Å². The van der Waals surface area contributed by atoms with E-state index in [0.29, 0.717) is 6.54 Å². The van der Waals surface area contributed by atoms with Crippen molar-refractivity contribution in [1.29, 1.82) is 0 Å². The van der Waals surface area contributed by atoms with E-state index in [4.69, 9.17) is 5.73 Å². The minimum absolute atomic E-state index is 0.168. The minimum atomic E-state index is -0.523. The molecule has 0 spiro atoms. The summed E-state index contributed by atoms with van der Waals surface area (Å²) >= 11 is 0. The maximum absolute atomic E-state index is 11.7. The fraction of sp³-hybridized carbons (Fsp3) is 0.250. The average molecular weight is 377 g/mol. The molecule has 5 N–H and O–H groups in total. The van der Waals surface area contributed by atoms with Crippen LogP contribution in [0.3, 0.4) is 0 Å². The summed E-state index contributed by atoms with van der Waals surface area (Å²) in [5, 5.41) is 6.97. The number of pyridine rings is 1. The summed E-state index contributed by atoms with van der Waals surface area (Å²) in [4.78, 5) is 24.3. The summed E-state index contributed by atoms with van der Waals surface area (Å²) < 4.78 is 2.00. The molecule has 8 nitrogen and oxygen atoms in total. The number of carbonyl (C=O) groups excluding carboxylic acids is 1. The number of imidazole rings is 1. The third-order valence-electron chi connectivity index (χ3n) is 4.79. The molecule has 0 fully saturated rings. The van der Waals surface area contributed by atoms with Gasteiger partial charge >= 0.3 is 0 Å². The van der Waals surface area contributed by atoms with Gasteiger partial charge in [0.25, 0.3) is 0 Å². The lowest BCUT2D eigenvalue weighted by Gasteiger charge is -2.08. The van der Waals surface area contributed by atoms with Crippen LogP contribution in [0.1, 0.15) is 12.5 Å². The van der Waals surface area contributed by atoms with Gasteiger partial charge in [-0.05, 0) is 30.2 Å². The van der Waals surface area contributed by atoms with E-state index in [2.05, 4.69) is 31.7 Å². The van der Waals surface area contributed by atoms with E-state index < -0.39 is 6.04 Å². The Balaban J connectivity index is 1.74. The van der Waals surface area contributed by atoms with Crippen LogP contribution in [0.2, 0.25) is 0 Å². The number of aromatic amines is 1. The van der Waals surface area contributed by atoms with E-state index in [9.17, 15) is 4.79 Å². The van der Waals surface area contributed by atoms with Crippen molar-refractivity contribution in [3.05, 3.63) is 42.2 Å². The number of fused-ring (bicyclic) bond motifs is 3. The molecule has 0 aliphatic carbocycles. The minimum Gasteiger partial charge on any atom is -0.371 e. The fourth-order valence-electron chi connectivity index (χ4n) is 3.33. The van der Waals surface area contributed by atoms with Gasteiger partial charge in [0, 0.05) is 31.7 Å². The second-order valence-electron chi connectivity index (χ2n) is 6.92. The van der Waals surface area contributed by atoms with Crippen LogP contribution in [-0.4, -0.2) is 38.5 Å². The Morgan fingerprint density at radius 3 is 2.93 bits per heavy atom. The van der Waals surface area contributed by atoms with Crippen molar-refractivity contribution in [1.82, 2.24) is 24.8 Å². The lowest BCUT2D eigenvalue weighted by molar-refractivity contribution is -0.122. The van der Waals surface area contributed by atoms with Crippen LogP contribution < -0.4 is 16.4 Å². The quantitative estimate of drug-likeness (QED) is 0.425. The first-order valence-electron chi connectivity index (χ1n) is 9.12. The number of nitrogens with zero attached hydrogens (tertiary/aromatic N) is 3. The van der Waals surface area contributed by atoms with Gasteiger partial charge < -0.3 is 25.9 Å². The van der Waals surface area contributed by atoms with E-state index in [1.54, 1.807) is 13.3 Å². The summed E-state index contributed by atoms with van der Waals surface area (Å²) in [5.41, 5.74) is 11.2. The van der Waals surface area contributed by atoms with Gasteiger partial charge in [-0.2, -0.15) is 0 Å². The molecule has 3 heterocycles. The largest absolute Gasteiger partial charge is 0.371 e. The van der Waals surface area contributed by atoms with Crippen molar-refractivity contribution in [3.63, 3.8) is 0 Å². The molecule has 0 saturated heterocycles. The van der Waals surface area contributed by atoms with Crippen LogP contribution in [0.25, 0.3) is 33.3 Å². The molecule has 1 aromatic carbocycles. The van der Waals surface area contributed by atoms with Crippen LogP contribution in [-0.2, 0) is 18.4 Å². The highest BCUT2D eigenvalue weighted by Crippen LogP contribution is 2.31. The molecular weight excluding hydrogens is 354 g/mol. The van der Waals surface area contributed by atoms with Gasteiger partial charge in [0.2, 0.25) is 5.91 Å². The monoisotopic (exact) mass is 377 g/mol. The molecule has 144 valence electrons. The smallest absolute Gasteiger partial charge is 0.236 e. The SMILES string of the molecule is CNc1nc2[nH]c(-c3cccc(CNC(=O)[C@@H](C)N)c3)cc2c2c1ncn2C. The molecule has 28 heavy (non-hydrogen) atoms. The number of carbonyl (C=O) groups is 1. The van der Waals surface area contributed by atoms with Crippen molar-refractivity contribution in [2.24, 2.45) is 12.8 Å². The van der Waals surface area contributed by atoms with Crippen molar-refractivity contribution < 1.29 is 4.79 Å². The Kier molecular flexibility index (Phi) is 4.48. The first kappa shape index (κ1) is 18.0. The average Bonchev–Trinajstić information content (AvgIpc) is 3.29. The highest BCUT2D eigenvalue weighted by atomic mass is 16.2. The van der Waals surface area contributed by atoms with Crippen LogP contribution in [0, 0.1) is 0 Å². The molecule has 3 aromatic heterocycles. The second kappa shape index (κ2) is 6.97. The van der Waals surface area contributed by atoms with Gasteiger partial charge in [-0.3, -0.25) is 4.79 Å². The van der Waals surface area contributed by atoms with Crippen molar-refractivity contribution in [2.75, 3.05) is 12.4 Å². The summed E-state index contributed by atoms with van der Waals surface area (Å²) in [6, 6.07) is 9.59. The lowest BCUT2D eigenvalue weighted by atomic mass is 10.1. The highest BCUT2D eigenvalue weighted by Gasteiger charge is 2.15. The maximum atomic E-state index is 11.7. The summed E-state index contributed by atoms with van der Waals surface area (Å²) in [6.45, 7) is 2.10. The Morgan fingerprint density at radius 1 is 1.36 bits per heavy atom. The van der Waals surface area contributed by atoms with Crippen LogP contribution in [0.15, 0.2) is 36.7 Å². The molecule has 1 atom stereocenters. The number of aryl methyl sites for hydroxylation is 1.